The number of aromatic nitrogens is 2. The molecule has 0 bridgehead atoms. The summed E-state index contributed by atoms with van der Waals surface area (Å²) < 4.78 is 5.58. The molecule has 3 rings (SSSR count). The van der Waals surface area contributed by atoms with Crippen LogP contribution in [0.1, 0.15) is 70.0 Å². The third-order valence-corrected chi connectivity index (χ3v) is 4.99. The summed E-state index contributed by atoms with van der Waals surface area (Å²) in [6.45, 7) is 10.8. The Hall–Kier alpha value is -2.30. The van der Waals surface area contributed by atoms with E-state index in [0.29, 0.717) is 6.54 Å². The van der Waals surface area contributed by atoms with Crippen molar-refractivity contribution in [2.45, 2.75) is 71.9 Å². The number of carbonyl (C=O) groups excluding carboxylic acids is 1. The van der Waals surface area contributed by atoms with Crippen LogP contribution in [0.2, 0.25) is 0 Å². The average Bonchev–Trinajstić information content (AvgIpc) is 3.23. The second-order valence-corrected chi connectivity index (χ2v) is 8.36. The lowest BCUT2D eigenvalue weighted by molar-refractivity contribution is 0.0219. The number of likely N-dealkylation sites (tertiary alicyclic amines) is 1. The Balaban J connectivity index is 1.86. The van der Waals surface area contributed by atoms with Gasteiger partial charge in [-0.05, 0) is 58.1 Å². The number of ether oxygens (including phenoxy) is 1. The Kier molecular flexibility index (Phi) is 5.59. The molecule has 0 aliphatic carbocycles. The number of amides is 1. The Morgan fingerprint density at radius 3 is 2.85 bits per heavy atom. The van der Waals surface area contributed by atoms with Gasteiger partial charge in [0, 0.05) is 12.1 Å². The van der Waals surface area contributed by atoms with E-state index in [1.165, 1.54) is 16.7 Å². The standard InChI is InChI=1S/C22H31N3O2/c1-6-9-16-15(2)10-7-11-17(16)18-14-23-20(24-18)19-12-8-13-25(19)21(26)27-22(3,4)5/h7,10-11,14,19H,6,8-9,12-13H2,1-5H3,(H,23,24)/t19-/m0/s1. The largest absolute Gasteiger partial charge is 0.444 e. The molecule has 0 radical (unpaired) electrons. The summed E-state index contributed by atoms with van der Waals surface area (Å²) in [5.41, 5.74) is 4.41. The maximum atomic E-state index is 12.6. The van der Waals surface area contributed by atoms with E-state index in [1.54, 1.807) is 4.90 Å². The van der Waals surface area contributed by atoms with Gasteiger partial charge in [0.05, 0.1) is 17.9 Å². The summed E-state index contributed by atoms with van der Waals surface area (Å²) in [5, 5.41) is 0. The quantitative estimate of drug-likeness (QED) is 0.784. The molecule has 2 heterocycles. The average molecular weight is 370 g/mol. The molecule has 27 heavy (non-hydrogen) atoms. The fourth-order valence-corrected chi connectivity index (χ4v) is 3.77. The molecule has 0 saturated carbocycles. The molecular formula is C22H31N3O2. The van der Waals surface area contributed by atoms with Gasteiger partial charge in [-0.1, -0.05) is 31.5 Å². The summed E-state index contributed by atoms with van der Waals surface area (Å²) in [5.74, 6) is 0.845. The third-order valence-electron chi connectivity index (χ3n) is 4.99. The van der Waals surface area contributed by atoms with Crippen molar-refractivity contribution in [1.82, 2.24) is 14.9 Å². The minimum atomic E-state index is -0.491. The number of aromatic amines is 1. The number of nitrogens with one attached hydrogen (secondary N) is 1. The highest BCUT2D eigenvalue weighted by atomic mass is 16.6. The van der Waals surface area contributed by atoms with Gasteiger partial charge in [0.2, 0.25) is 0 Å². The van der Waals surface area contributed by atoms with Gasteiger partial charge in [0.25, 0.3) is 0 Å². The molecule has 1 N–H and O–H groups in total. The minimum absolute atomic E-state index is 0.0481. The van der Waals surface area contributed by atoms with Crippen LogP contribution in [0.5, 0.6) is 0 Å². The molecule has 1 aliphatic rings. The molecule has 1 saturated heterocycles. The Morgan fingerprint density at radius 1 is 1.37 bits per heavy atom. The van der Waals surface area contributed by atoms with Crippen molar-refractivity contribution in [2.75, 3.05) is 6.54 Å². The van der Waals surface area contributed by atoms with Gasteiger partial charge >= 0.3 is 6.09 Å². The number of imidazole rings is 1. The summed E-state index contributed by atoms with van der Waals surface area (Å²) in [4.78, 5) is 22.5. The van der Waals surface area contributed by atoms with Gasteiger partial charge in [-0.25, -0.2) is 9.78 Å². The highest BCUT2D eigenvalue weighted by Gasteiger charge is 2.34. The second kappa shape index (κ2) is 7.75. The molecular weight excluding hydrogens is 338 g/mol. The first-order valence-corrected chi connectivity index (χ1v) is 9.93. The van der Waals surface area contributed by atoms with Crippen LogP contribution >= 0.6 is 0 Å². The number of rotatable bonds is 4. The zero-order valence-corrected chi connectivity index (χ0v) is 17.1. The molecule has 1 aromatic carbocycles. The summed E-state index contributed by atoms with van der Waals surface area (Å²) in [6.07, 6.45) is 5.66. The minimum Gasteiger partial charge on any atom is -0.444 e. The molecule has 1 fully saturated rings. The molecule has 5 heteroatoms. The van der Waals surface area contributed by atoms with Crippen molar-refractivity contribution >= 4 is 6.09 Å². The van der Waals surface area contributed by atoms with E-state index in [-0.39, 0.29) is 12.1 Å². The van der Waals surface area contributed by atoms with Crippen LogP contribution in [0.15, 0.2) is 24.4 Å². The van der Waals surface area contributed by atoms with Gasteiger partial charge in [-0.2, -0.15) is 0 Å². The number of H-pyrrole nitrogens is 1. The topological polar surface area (TPSA) is 58.2 Å². The van der Waals surface area contributed by atoms with Crippen molar-refractivity contribution in [3.8, 4) is 11.3 Å². The number of hydrogen-bond donors (Lipinski definition) is 1. The first-order chi connectivity index (χ1) is 12.8. The summed E-state index contributed by atoms with van der Waals surface area (Å²) in [7, 11) is 0. The Morgan fingerprint density at radius 2 is 2.15 bits per heavy atom. The maximum Gasteiger partial charge on any atom is 0.410 e. The maximum absolute atomic E-state index is 12.6. The van der Waals surface area contributed by atoms with E-state index in [9.17, 15) is 4.79 Å². The van der Waals surface area contributed by atoms with E-state index >= 15 is 0 Å². The first kappa shape index (κ1) is 19.5. The first-order valence-electron chi connectivity index (χ1n) is 9.93. The summed E-state index contributed by atoms with van der Waals surface area (Å²) in [6, 6.07) is 6.35. The fourth-order valence-electron chi connectivity index (χ4n) is 3.77. The lowest BCUT2D eigenvalue weighted by Gasteiger charge is -2.27. The summed E-state index contributed by atoms with van der Waals surface area (Å²) >= 11 is 0. The highest BCUT2D eigenvalue weighted by Crippen LogP contribution is 2.33. The molecule has 0 unspecified atom stereocenters. The smallest absolute Gasteiger partial charge is 0.410 e. The zero-order chi connectivity index (χ0) is 19.6. The molecule has 0 spiro atoms. The van der Waals surface area contributed by atoms with Crippen molar-refractivity contribution in [2.24, 2.45) is 0 Å². The SMILES string of the molecule is CCCc1c(C)cccc1-c1cnc([C@@H]2CCCN2C(=O)OC(C)(C)C)[nH]1. The second-order valence-electron chi connectivity index (χ2n) is 8.36. The normalized spacial score (nSPS) is 17.4. The van der Waals surface area contributed by atoms with Crippen molar-refractivity contribution in [1.29, 1.82) is 0 Å². The van der Waals surface area contributed by atoms with Crippen LogP contribution in [0.25, 0.3) is 11.3 Å². The molecule has 1 atom stereocenters. The molecule has 1 aromatic heterocycles. The van der Waals surface area contributed by atoms with E-state index in [2.05, 4.69) is 42.0 Å². The monoisotopic (exact) mass is 369 g/mol. The van der Waals surface area contributed by atoms with Crippen molar-refractivity contribution in [3.63, 3.8) is 0 Å². The van der Waals surface area contributed by atoms with E-state index in [1.807, 2.05) is 27.0 Å². The lowest BCUT2D eigenvalue weighted by Crippen LogP contribution is -2.36. The molecule has 1 amide bonds. The van der Waals surface area contributed by atoms with Gasteiger partial charge < -0.3 is 9.72 Å². The molecule has 2 aromatic rings. The van der Waals surface area contributed by atoms with Crippen LogP contribution < -0.4 is 0 Å². The van der Waals surface area contributed by atoms with Gasteiger partial charge in [-0.15, -0.1) is 0 Å². The van der Waals surface area contributed by atoms with Crippen molar-refractivity contribution in [3.05, 3.63) is 41.3 Å². The third kappa shape index (κ3) is 4.34. The molecule has 5 nitrogen and oxygen atoms in total. The highest BCUT2D eigenvalue weighted by molar-refractivity contribution is 5.69. The lowest BCUT2D eigenvalue weighted by atomic mass is 9.96. The predicted octanol–water partition coefficient (Wildman–Crippen LogP) is 5.41. The van der Waals surface area contributed by atoms with Gasteiger partial charge in [-0.3, -0.25) is 4.90 Å². The van der Waals surface area contributed by atoms with Crippen LogP contribution in [-0.4, -0.2) is 33.1 Å². The zero-order valence-electron chi connectivity index (χ0n) is 17.1. The van der Waals surface area contributed by atoms with Crippen LogP contribution in [0, 0.1) is 6.92 Å². The van der Waals surface area contributed by atoms with Crippen LogP contribution in [-0.2, 0) is 11.2 Å². The van der Waals surface area contributed by atoms with Crippen molar-refractivity contribution < 1.29 is 9.53 Å². The Labute approximate surface area is 162 Å². The fraction of sp³-hybridized carbons (Fsp3) is 0.545. The Bertz CT molecular complexity index is 804. The van der Waals surface area contributed by atoms with E-state index in [4.69, 9.17) is 4.74 Å². The van der Waals surface area contributed by atoms with E-state index in [0.717, 1.165) is 37.2 Å². The molecule has 146 valence electrons. The predicted molar refractivity (Wildman–Crippen MR) is 108 cm³/mol. The van der Waals surface area contributed by atoms with E-state index < -0.39 is 5.60 Å². The van der Waals surface area contributed by atoms with Gasteiger partial charge in [0.15, 0.2) is 0 Å². The molecule has 1 aliphatic heterocycles. The number of aryl methyl sites for hydroxylation is 1. The van der Waals surface area contributed by atoms with Crippen LogP contribution in [0.3, 0.4) is 0 Å². The number of benzene rings is 1. The number of nitrogens with zero attached hydrogens (tertiary/aromatic N) is 2. The number of hydrogen-bond acceptors (Lipinski definition) is 3. The van der Waals surface area contributed by atoms with Gasteiger partial charge in [0.1, 0.15) is 11.4 Å². The van der Waals surface area contributed by atoms with Crippen LogP contribution in [0.4, 0.5) is 4.79 Å². The number of carbonyl (C=O) groups is 1.